The third kappa shape index (κ3) is 2.20. The first-order chi connectivity index (χ1) is 10.8. The van der Waals surface area contributed by atoms with E-state index >= 15 is 0 Å². The molecule has 0 amide bonds. The number of benzene rings is 1. The van der Waals surface area contributed by atoms with Gasteiger partial charge in [-0.2, -0.15) is 0 Å². The van der Waals surface area contributed by atoms with Crippen LogP contribution in [0.1, 0.15) is 48.9 Å². The van der Waals surface area contributed by atoms with Crippen LogP contribution in [0, 0.1) is 0 Å². The lowest BCUT2D eigenvalue weighted by molar-refractivity contribution is 0.0720. The molecule has 1 aliphatic carbocycles. The van der Waals surface area contributed by atoms with Gasteiger partial charge in [-0.15, -0.1) is 10.2 Å². The first-order valence-corrected chi connectivity index (χ1v) is 7.88. The second-order valence-electron chi connectivity index (χ2n) is 6.14. The van der Waals surface area contributed by atoms with E-state index in [1.807, 2.05) is 18.2 Å². The predicted molar refractivity (Wildman–Crippen MR) is 80.1 cm³/mol. The Labute approximate surface area is 129 Å². The number of methoxy groups -OCH3 is 1. The number of hydrogen-bond donors (Lipinski definition) is 0. The lowest BCUT2D eigenvalue weighted by Gasteiger charge is -2.18. The summed E-state index contributed by atoms with van der Waals surface area (Å²) in [6.45, 7) is 1.52. The highest BCUT2D eigenvalue weighted by Crippen LogP contribution is 2.55. The van der Waals surface area contributed by atoms with Gasteiger partial charge in [0.25, 0.3) is 0 Å². The summed E-state index contributed by atoms with van der Waals surface area (Å²) in [5.74, 6) is 2.57. The van der Waals surface area contributed by atoms with Gasteiger partial charge in [0, 0.05) is 12.2 Å². The summed E-state index contributed by atoms with van der Waals surface area (Å²) in [6.07, 6.45) is 4.16. The summed E-state index contributed by atoms with van der Waals surface area (Å²) in [6, 6.07) is 8.10. The van der Waals surface area contributed by atoms with Crippen LogP contribution < -0.4 is 4.74 Å². The van der Waals surface area contributed by atoms with E-state index in [9.17, 15) is 0 Å². The van der Waals surface area contributed by atoms with E-state index < -0.39 is 0 Å². The largest absolute Gasteiger partial charge is 0.496 e. The van der Waals surface area contributed by atoms with Crippen molar-refractivity contribution in [2.45, 2.75) is 37.0 Å². The van der Waals surface area contributed by atoms with Gasteiger partial charge < -0.3 is 13.9 Å². The van der Waals surface area contributed by atoms with Crippen molar-refractivity contribution in [3.8, 4) is 5.75 Å². The zero-order valence-corrected chi connectivity index (χ0v) is 12.7. The molecule has 5 nitrogen and oxygen atoms in total. The van der Waals surface area contributed by atoms with Gasteiger partial charge in [0.1, 0.15) is 5.75 Å². The molecule has 2 heterocycles. The third-order valence-corrected chi connectivity index (χ3v) is 4.73. The van der Waals surface area contributed by atoms with Crippen molar-refractivity contribution >= 4 is 0 Å². The van der Waals surface area contributed by atoms with Crippen LogP contribution in [0.25, 0.3) is 0 Å². The highest BCUT2D eigenvalue weighted by molar-refractivity contribution is 5.47. The molecule has 4 rings (SSSR count). The highest BCUT2D eigenvalue weighted by atomic mass is 16.5. The second-order valence-corrected chi connectivity index (χ2v) is 6.14. The fourth-order valence-electron chi connectivity index (χ4n) is 3.29. The summed E-state index contributed by atoms with van der Waals surface area (Å²) in [7, 11) is 1.70. The van der Waals surface area contributed by atoms with Crippen molar-refractivity contribution in [2.24, 2.45) is 0 Å². The van der Waals surface area contributed by atoms with Gasteiger partial charge >= 0.3 is 0 Å². The van der Waals surface area contributed by atoms with Crippen molar-refractivity contribution in [3.63, 3.8) is 0 Å². The van der Waals surface area contributed by atoms with Crippen molar-refractivity contribution in [2.75, 3.05) is 20.3 Å². The van der Waals surface area contributed by atoms with E-state index in [-0.39, 0.29) is 11.3 Å². The Kier molecular flexibility index (Phi) is 3.37. The van der Waals surface area contributed by atoms with Crippen LogP contribution in [0.2, 0.25) is 0 Å². The van der Waals surface area contributed by atoms with Crippen molar-refractivity contribution < 1.29 is 13.9 Å². The van der Waals surface area contributed by atoms with Crippen molar-refractivity contribution in [1.29, 1.82) is 0 Å². The van der Waals surface area contributed by atoms with Gasteiger partial charge in [-0.25, -0.2) is 0 Å². The van der Waals surface area contributed by atoms with E-state index in [1.54, 1.807) is 7.11 Å². The first-order valence-electron chi connectivity index (χ1n) is 7.88. The van der Waals surface area contributed by atoms with Gasteiger partial charge in [0.15, 0.2) is 0 Å². The highest BCUT2D eigenvalue weighted by Gasteiger charge is 2.52. The Morgan fingerprint density at radius 2 is 2.09 bits per heavy atom. The van der Waals surface area contributed by atoms with E-state index in [0.717, 1.165) is 55.4 Å². The number of aromatic nitrogens is 2. The first kappa shape index (κ1) is 13.8. The Hall–Kier alpha value is -1.88. The molecule has 2 aliphatic rings. The molecule has 1 aromatic heterocycles. The topological polar surface area (TPSA) is 57.4 Å². The average Bonchev–Trinajstić information content (AvgIpc) is 3.25. The minimum Gasteiger partial charge on any atom is -0.496 e. The molecule has 2 aromatic rings. The Balaban J connectivity index is 1.65. The molecular formula is C17H20N2O3. The van der Waals surface area contributed by atoms with Gasteiger partial charge in [-0.1, -0.05) is 18.2 Å². The third-order valence-electron chi connectivity index (χ3n) is 4.73. The number of rotatable bonds is 4. The molecule has 2 fully saturated rings. The van der Waals surface area contributed by atoms with Gasteiger partial charge in [0.05, 0.1) is 25.0 Å². The molecule has 0 radical (unpaired) electrons. The van der Waals surface area contributed by atoms with Crippen molar-refractivity contribution in [1.82, 2.24) is 10.2 Å². The lowest BCUT2D eigenvalue weighted by Crippen LogP contribution is -2.15. The van der Waals surface area contributed by atoms with Gasteiger partial charge in [0.2, 0.25) is 11.8 Å². The molecule has 22 heavy (non-hydrogen) atoms. The smallest absolute Gasteiger partial charge is 0.227 e. The van der Waals surface area contributed by atoms with Crippen LogP contribution >= 0.6 is 0 Å². The maximum absolute atomic E-state index is 6.05. The standard InChI is InChI=1S/C17H20N2O3/c1-20-14-7-3-2-6-13(14)17(8-9-17)16-19-18-15(22-16)12-5-4-10-21-11-12/h2-3,6-7,12H,4-5,8-11H2,1H3. The molecule has 0 N–H and O–H groups in total. The maximum atomic E-state index is 6.05. The Bertz CT molecular complexity index is 657. The normalized spacial score (nSPS) is 23.2. The summed E-state index contributed by atoms with van der Waals surface area (Å²) in [5, 5.41) is 8.64. The molecule has 1 aliphatic heterocycles. The van der Waals surface area contributed by atoms with Crippen LogP contribution in [0.3, 0.4) is 0 Å². The monoisotopic (exact) mass is 300 g/mol. The lowest BCUT2D eigenvalue weighted by atomic mass is 9.95. The molecule has 1 unspecified atom stereocenters. The molecule has 0 spiro atoms. The molecule has 0 bridgehead atoms. The summed E-state index contributed by atoms with van der Waals surface area (Å²) in [5.41, 5.74) is 0.987. The van der Waals surface area contributed by atoms with Crippen LogP contribution in [-0.2, 0) is 10.2 Å². The van der Waals surface area contributed by atoms with Gasteiger partial charge in [-0.3, -0.25) is 0 Å². The Morgan fingerprint density at radius 3 is 2.82 bits per heavy atom. The summed E-state index contributed by atoms with van der Waals surface area (Å²) < 4.78 is 17.1. The fourth-order valence-corrected chi connectivity index (χ4v) is 3.29. The summed E-state index contributed by atoms with van der Waals surface area (Å²) >= 11 is 0. The van der Waals surface area contributed by atoms with Gasteiger partial charge in [-0.05, 0) is 31.7 Å². The molecule has 1 saturated carbocycles. The molecule has 1 saturated heterocycles. The minimum atomic E-state index is -0.159. The number of para-hydroxylation sites is 1. The fraction of sp³-hybridized carbons (Fsp3) is 0.529. The number of hydrogen-bond acceptors (Lipinski definition) is 5. The minimum absolute atomic E-state index is 0.159. The van der Waals surface area contributed by atoms with Crippen LogP contribution in [0.4, 0.5) is 0 Å². The molecule has 1 atom stereocenters. The van der Waals surface area contributed by atoms with Crippen LogP contribution in [-0.4, -0.2) is 30.5 Å². The Morgan fingerprint density at radius 1 is 1.23 bits per heavy atom. The van der Waals surface area contributed by atoms with E-state index in [1.165, 1.54) is 0 Å². The zero-order valence-electron chi connectivity index (χ0n) is 12.7. The number of ether oxygens (including phenoxy) is 2. The van der Waals surface area contributed by atoms with Crippen LogP contribution in [0.15, 0.2) is 28.7 Å². The quantitative estimate of drug-likeness (QED) is 0.868. The number of nitrogens with zero attached hydrogens (tertiary/aromatic N) is 2. The predicted octanol–water partition coefficient (Wildman–Crippen LogP) is 3.05. The van der Waals surface area contributed by atoms with E-state index in [0.29, 0.717) is 6.61 Å². The second kappa shape index (κ2) is 5.39. The average molecular weight is 300 g/mol. The SMILES string of the molecule is COc1ccccc1C1(c2nnc(C3CCCOC3)o2)CC1. The molecular weight excluding hydrogens is 280 g/mol. The maximum Gasteiger partial charge on any atom is 0.227 e. The molecule has 1 aromatic carbocycles. The van der Waals surface area contributed by atoms with E-state index in [2.05, 4.69) is 16.3 Å². The summed E-state index contributed by atoms with van der Waals surface area (Å²) in [4.78, 5) is 0. The molecule has 5 heteroatoms. The zero-order chi connectivity index (χ0) is 15.0. The van der Waals surface area contributed by atoms with Crippen LogP contribution in [0.5, 0.6) is 5.75 Å². The van der Waals surface area contributed by atoms with Crippen molar-refractivity contribution in [3.05, 3.63) is 41.6 Å². The molecule has 116 valence electrons. The van der Waals surface area contributed by atoms with E-state index in [4.69, 9.17) is 13.9 Å².